The van der Waals surface area contributed by atoms with Gasteiger partial charge in [-0.1, -0.05) is 19.1 Å². The Bertz CT molecular complexity index is 357. The molecule has 1 unspecified atom stereocenters. The highest BCUT2D eigenvalue weighted by Crippen LogP contribution is 2.18. The minimum Gasteiger partial charge on any atom is -0.481 e. The van der Waals surface area contributed by atoms with Crippen molar-refractivity contribution in [3.63, 3.8) is 0 Å². The number of hydrogen-bond donors (Lipinski definition) is 1. The Morgan fingerprint density at radius 2 is 1.73 bits per heavy atom. The van der Waals surface area contributed by atoms with Crippen LogP contribution in [0.2, 0.25) is 0 Å². The number of carboxylic acids is 1. The highest BCUT2D eigenvalue weighted by Gasteiger charge is 2.12. The summed E-state index contributed by atoms with van der Waals surface area (Å²) in [6.45, 7) is 7.97. The van der Waals surface area contributed by atoms with Gasteiger partial charge in [0.25, 0.3) is 0 Å². The molecule has 1 aromatic rings. The molecule has 1 rings (SSSR count). The monoisotopic (exact) mass is 206 g/mol. The lowest BCUT2D eigenvalue weighted by molar-refractivity contribution is -0.141. The van der Waals surface area contributed by atoms with Gasteiger partial charge in [0.15, 0.2) is 0 Å². The fraction of sp³-hybridized carbons (Fsp3) is 0.462. The first-order valence-electron chi connectivity index (χ1n) is 5.21. The summed E-state index contributed by atoms with van der Waals surface area (Å²) in [6.07, 6.45) is 0.608. The lowest BCUT2D eigenvalue weighted by atomic mass is 9.95. The van der Waals surface area contributed by atoms with Gasteiger partial charge in [0, 0.05) is 0 Å². The van der Waals surface area contributed by atoms with Gasteiger partial charge in [-0.15, -0.1) is 0 Å². The van der Waals surface area contributed by atoms with Crippen molar-refractivity contribution in [3.05, 3.63) is 34.4 Å². The number of carboxylic acid groups (broad SMARTS) is 1. The van der Waals surface area contributed by atoms with Gasteiger partial charge in [-0.2, -0.15) is 0 Å². The van der Waals surface area contributed by atoms with Gasteiger partial charge in [0.1, 0.15) is 0 Å². The molecule has 0 radical (unpaired) electrons. The van der Waals surface area contributed by atoms with Crippen LogP contribution >= 0.6 is 0 Å². The zero-order chi connectivity index (χ0) is 11.6. The molecule has 0 aliphatic rings. The fourth-order valence-corrected chi connectivity index (χ4v) is 1.68. The average molecular weight is 206 g/mol. The molecular weight excluding hydrogens is 188 g/mol. The molecule has 0 saturated heterocycles. The van der Waals surface area contributed by atoms with Crippen LogP contribution in [0.4, 0.5) is 0 Å². The van der Waals surface area contributed by atoms with E-state index in [4.69, 9.17) is 5.11 Å². The second-order valence-corrected chi connectivity index (χ2v) is 4.30. The van der Waals surface area contributed by atoms with E-state index >= 15 is 0 Å². The van der Waals surface area contributed by atoms with Crippen molar-refractivity contribution in [1.82, 2.24) is 0 Å². The maximum Gasteiger partial charge on any atom is 0.306 e. The van der Waals surface area contributed by atoms with E-state index in [1.54, 1.807) is 6.92 Å². The third-order valence-electron chi connectivity index (χ3n) is 2.95. The maximum atomic E-state index is 10.7. The summed E-state index contributed by atoms with van der Waals surface area (Å²) in [7, 11) is 0. The second-order valence-electron chi connectivity index (χ2n) is 4.30. The zero-order valence-corrected chi connectivity index (χ0v) is 9.79. The van der Waals surface area contributed by atoms with Crippen molar-refractivity contribution in [2.24, 2.45) is 5.92 Å². The molecule has 1 N–H and O–H groups in total. The normalized spacial score (nSPS) is 12.5. The number of aliphatic carboxylic acids is 1. The first kappa shape index (κ1) is 11.8. The number of benzene rings is 1. The molecular formula is C13H18O2. The molecule has 15 heavy (non-hydrogen) atoms. The molecule has 0 fully saturated rings. The summed E-state index contributed by atoms with van der Waals surface area (Å²) in [5.41, 5.74) is 4.89. The minimum atomic E-state index is -0.731. The van der Waals surface area contributed by atoms with Crippen LogP contribution in [-0.2, 0) is 11.2 Å². The lowest BCUT2D eigenvalue weighted by Crippen LogP contribution is -2.12. The number of hydrogen-bond acceptors (Lipinski definition) is 1. The molecule has 82 valence electrons. The lowest BCUT2D eigenvalue weighted by Gasteiger charge is -2.11. The Kier molecular flexibility index (Phi) is 3.51. The van der Waals surface area contributed by atoms with E-state index in [0.29, 0.717) is 6.42 Å². The minimum absolute atomic E-state index is 0.313. The first-order chi connectivity index (χ1) is 6.91. The van der Waals surface area contributed by atoms with E-state index in [0.717, 1.165) is 5.56 Å². The highest BCUT2D eigenvalue weighted by atomic mass is 16.4. The topological polar surface area (TPSA) is 37.3 Å². The molecule has 0 aliphatic heterocycles. The molecule has 0 spiro atoms. The third-order valence-corrected chi connectivity index (χ3v) is 2.95. The smallest absolute Gasteiger partial charge is 0.306 e. The Balaban J connectivity index is 2.92. The Morgan fingerprint density at radius 1 is 1.27 bits per heavy atom. The highest BCUT2D eigenvalue weighted by molar-refractivity contribution is 5.69. The van der Waals surface area contributed by atoms with Crippen LogP contribution in [0.5, 0.6) is 0 Å². The number of rotatable bonds is 3. The Hall–Kier alpha value is -1.31. The molecule has 0 aliphatic carbocycles. The van der Waals surface area contributed by atoms with Crippen molar-refractivity contribution < 1.29 is 9.90 Å². The standard InChI is InChI=1S/C13H18O2/c1-8-5-12(6-9(2)11(8)4)7-10(3)13(14)15/h5-6,10H,7H2,1-4H3,(H,14,15). The maximum absolute atomic E-state index is 10.7. The van der Waals surface area contributed by atoms with Crippen LogP contribution in [0.1, 0.15) is 29.2 Å². The van der Waals surface area contributed by atoms with Gasteiger partial charge in [0.2, 0.25) is 0 Å². The first-order valence-corrected chi connectivity index (χ1v) is 5.21. The van der Waals surface area contributed by atoms with E-state index in [2.05, 4.69) is 32.9 Å². The molecule has 2 heteroatoms. The van der Waals surface area contributed by atoms with Crippen LogP contribution in [-0.4, -0.2) is 11.1 Å². The summed E-state index contributed by atoms with van der Waals surface area (Å²) in [6, 6.07) is 4.17. The summed E-state index contributed by atoms with van der Waals surface area (Å²) in [5, 5.41) is 8.84. The summed E-state index contributed by atoms with van der Waals surface area (Å²) >= 11 is 0. The van der Waals surface area contributed by atoms with E-state index in [-0.39, 0.29) is 5.92 Å². The van der Waals surface area contributed by atoms with Crippen LogP contribution in [0.15, 0.2) is 12.1 Å². The predicted molar refractivity (Wildman–Crippen MR) is 61.2 cm³/mol. The molecule has 0 aromatic heterocycles. The van der Waals surface area contributed by atoms with Crippen molar-refractivity contribution in [1.29, 1.82) is 0 Å². The van der Waals surface area contributed by atoms with Crippen LogP contribution < -0.4 is 0 Å². The van der Waals surface area contributed by atoms with Gasteiger partial charge < -0.3 is 5.11 Å². The van der Waals surface area contributed by atoms with Crippen LogP contribution in [0, 0.1) is 26.7 Å². The summed E-state index contributed by atoms with van der Waals surface area (Å²) in [4.78, 5) is 10.7. The van der Waals surface area contributed by atoms with Crippen LogP contribution in [0.3, 0.4) is 0 Å². The van der Waals surface area contributed by atoms with Gasteiger partial charge in [-0.05, 0) is 49.4 Å². The molecule has 1 aromatic carbocycles. The molecule has 2 nitrogen and oxygen atoms in total. The van der Waals surface area contributed by atoms with Crippen molar-refractivity contribution in [3.8, 4) is 0 Å². The van der Waals surface area contributed by atoms with Crippen molar-refractivity contribution >= 4 is 5.97 Å². The van der Waals surface area contributed by atoms with E-state index in [1.165, 1.54) is 16.7 Å². The SMILES string of the molecule is Cc1cc(CC(C)C(=O)O)cc(C)c1C. The van der Waals surface area contributed by atoms with Crippen molar-refractivity contribution in [2.75, 3.05) is 0 Å². The van der Waals surface area contributed by atoms with Crippen LogP contribution in [0.25, 0.3) is 0 Å². The van der Waals surface area contributed by atoms with Crippen molar-refractivity contribution in [2.45, 2.75) is 34.1 Å². The molecule has 1 atom stereocenters. The number of aryl methyl sites for hydroxylation is 2. The molecule has 0 heterocycles. The van der Waals surface area contributed by atoms with Gasteiger partial charge in [-0.3, -0.25) is 4.79 Å². The molecule has 0 saturated carbocycles. The van der Waals surface area contributed by atoms with E-state index in [1.807, 2.05) is 0 Å². The summed E-state index contributed by atoms with van der Waals surface area (Å²) in [5.74, 6) is -1.04. The largest absolute Gasteiger partial charge is 0.481 e. The molecule has 0 bridgehead atoms. The van der Waals surface area contributed by atoms with Gasteiger partial charge >= 0.3 is 5.97 Å². The zero-order valence-electron chi connectivity index (χ0n) is 9.79. The second kappa shape index (κ2) is 4.47. The summed E-state index contributed by atoms with van der Waals surface area (Å²) < 4.78 is 0. The van der Waals surface area contributed by atoms with Gasteiger partial charge in [0.05, 0.1) is 5.92 Å². The average Bonchev–Trinajstić information content (AvgIpc) is 2.13. The van der Waals surface area contributed by atoms with E-state index in [9.17, 15) is 4.79 Å². The van der Waals surface area contributed by atoms with E-state index < -0.39 is 5.97 Å². The quantitative estimate of drug-likeness (QED) is 0.825. The molecule has 0 amide bonds. The predicted octanol–water partition coefficient (Wildman–Crippen LogP) is 2.88. The third kappa shape index (κ3) is 2.82. The van der Waals surface area contributed by atoms with Gasteiger partial charge in [-0.25, -0.2) is 0 Å². The fourth-order valence-electron chi connectivity index (χ4n) is 1.68. The Morgan fingerprint density at radius 3 is 2.13 bits per heavy atom. The Labute approximate surface area is 90.9 Å². The number of carbonyl (C=O) groups is 1.